The van der Waals surface area contributed by atoms with E-state index in [1.165, 1.54) is 0 Å². The molecule has 1 heterocycles. The standard InChI is InChI=1S/C6H8Cl2N4/c1-2-3-9-5-4(7)11-12-6(8)10-5/h2-3H2,1H3,(H,9,10,12). The molecule has 0 amide bonds. The summed E-state index contributed by atoms with van der Waals surface area (Å²) in [6.07, 6.45) is 0.984. The van der Waals surface area contributed by atoms with Gasteiger partial charge in [0.05, 0.1) is 0 Å². The van der Waals surface area contributed by atoms with Crippen LogP contribution in [0.5, 0.6) is 0 Å². The second-order valence-corrected chi connectivity index (χ2v) is 2.84. The number of nitrogens with zero attached hydrogens (tertiary/aromatic N) is 3. The Hall–Kier alpha value is -0.610. The molecular weight excluding hydrogens is 199 g/mol. The van der Waals surface area contributed by atoms with Gasteiger partial charge in [0.1, 0.15) is 0 Å². The third-order valence-electron chi connectivity index (χ3n) is 1.16. The molecule has 0 aliphatic rings. The Bertz CT molecular complexity index is 266. The Morgan fingerprint density at radius 1 is 1.33 bits per heavy atom. The van der Waals surface area contributed by atoms with Crippen LogP contribution in [0, 0.1) is 0 Å². The number of hydrogen-bond acceptors (Lipinski definition) is 4. The smallest absolute Gasteiger partial charge is 0.245 e. The monoisotopic (exact) mass is 206 g/mol. The molecular formula is C6H8Cl2N4. The van der Waals surface area contributed by atoms with Gasteiger partial charge in [-0.25, -0.2) is 0 Å². The average molecular weight is 207 g/mol. The highest BCUT2D eigenvalue weighted by Gasteiger charge is 2.03. The van der Waals surface area contributed by atoms with Crippen molar-refractivity contribution in [2.45, 2.75) is 13.3 Å². The van der Waals surface area contributed by atoms with Gasteiger partial charge in [-0.2, -0.15) is 4.98 Å². The zero-order valence-electron chi connectivity index (χ0n) is 6.51. The van der Waals surface area contributed by atoms with E-state index in [9.17, 15) is 0 Å². The number of nitrogens with one attached hydrogen (secondary N) is 1. The van der Waals surface area contributed by atoms with Crippen LogP contribution in [0.4, 0.5) is 5.82 Å². The van der Waals surface area contributed by atoms with Gasteiger partial charge < -0.3 is 5.32 Å². The average Bonchev–Trinajstić information content (AvgIpc) is 2.07. The normalized spacial score (nSPS) is 9.92. The molecule has 0 aromatic carbocycles. The van der Waals surface area contributed by atoms with E-state index in [1.54, 1.807) is 0 Å². The Kier molecular flexibility index (Phi) is 3.49. The van der Waals surface area contributed by atoms with E-state index in [-0.39, 0.29) is 10.4 Å². The Labute approximate surface area is 80.3 Å². The molecule has 0 radical (unpaired) electrons. The summed E-state index contributed by atoms with van der Waals surface area (Å²) in [6, 6.07) is 0. The fraction of sp³-hybridized carbons (Fsp3) is 0.500. The fourth-order valence-electron chi connectivity index (χ4n) is 0.649. The predicted octanol–water partition coefficient (Wildman–Crippen LogP) is 2.00. The SMILES string of the molecule is CCCNc1nc(Cl)nnc1Cl. The number of aromatic nitrogens is 3. The summed E-state index contributed by atoms with van der Waals surface area (Å²) < 4.78 is 0. The first-order valence-corrected chi connectivity index (χ1v) is 4.29. The molecule has 66 valence electrons. The highest BCUT2D eigenvalue weighted by molar-refractivity contribution is 6.32. The lowest BCUT2D eigenvalue weighted by Gasteiger charge is -2.03. The molecule has 0 aliphatic heterocycles. The zero-order valence-corrected chi connectivity index (χ0v) is 8.02. The molecule has 0 saturated heterocycles. The van der Waals surface area contributed by atoms with E-state index in [0.717, 1.165) is 13.0 Å². The van der Waals surface area contributed by atoms with Crippen molar-refractivity contribution in [3.63, 3.8) is 0 Å². The van der Waals surface area contributed by atoms with E-state index >= 15 is 0 Å². The van der Waals surface area contributed by atoms with Gasteiger partial charge in [-0.15, -0.1) is 10.2 Å². The largest absolute Gasteiger partial charge is 0.367 e. The topological polar surface area (TPSA) is 50.7 Å². The second-order valence-electron chi connectivity index (χ2n) is 2.15. The quantitative estimate of drug-likeness (QED) is 0.823. The summed E-state index contributed by atoms with van der Waals surface area (Å²) in [7, 11) is 0. The van der Waals surface area contributed by atoms with Gasteiger partial charge in [-0.3, -0.25) is 0 Å². The maximum atomic E-state index is 5.67. The molecule has 0 saturated carbocycles. The molecule has 1 aromatic heterocycles. The Balaban J connectivity index is 2.75. The second kappa shape index (κ2) is 4.42. The van der Waals surface area contributed by atoms with Crippen molar-refractivity contribution in [2.24, 2.45) is 0 Å². The molecule has 0 fully saturated rings. The van der Waals surface area contributed by atoms with Crippen LogP contribution in [-0.2, 0) is 0 Å². The molecule has 1 rings (SSSR count). The molecule has 12 heavy (non-hydrogen) atoms. The molecule has 6 heteroatoms. The number of halogens is 2. The van der Waals surface area contributed by atoms with Gasteiger partial charge in [0.15, 0.2) is 11.0 Å². The molecule has 0 atom stereocenters. The van der Waals surface area contributed by atoms with Crippen molar-refractivity contribution in [2.75, 3.05) is 11.9 Å². The van der Waals surface area contributed by atoms with Gasteiger partial charge in [0, 0.05) is 6.54 Å². The predicted molar refractivity (Wildman–Crippen MR) is 48.6 cm³/mol. The summed E-state index contributed by atoms with van der Waals surface area (Å²) in [4.78, 5) is 3.86. The van der Waals surface area contributed by atoms with Crippen LogP contribution in [0.25, 0.3) is 0 Å². The minimum absolute atomic E-state index is 0.0954. The van der Waals surface area contributed by atoms with Crippen LogP contribution >= 0.6 is 23.2 Å². The van der Waals surface area contributed by atoms with Crippen LogP contribution in [0.15, 0.2) is 0 Å². The van der Waals surface area contributed by atoms with Crippen LogP contribution in [0.3, 0.4) is 0 Å². The van der Waals surface area contributed by atoms with E-state index in [4.69, 9.17) is 23.2 Å². The molecule has 0 aliphatic carbocycles. The lowest BCUT2D eigenvalue weighted by molar-refractivity contribution is 0.930. The van der Waals surface area contributed by atoms with E-state index in [0.29, 0.717) is 5.82 Å². The number of anilines is 1. The highest BCUT2D eigenvalue weighted by Crippen LogP contribution is 2.15. The first kappa shape index (κ1) is 9.48. The van der Waals surface area contributed by atoms with Crippen molar-refractivity contribution < 1.29 is 0 Å². The highest BCUT2D eigenvalue weighted by atomic mass is 35.5. The summed E-state index contributed by atoms with van der Waals surface area (Å²) in [5, 5.41) is 10.4. The van der Waals surface area contributed by atoms with E-state index in [1.807, 2.05) is 6.92 Å². The number of hydrogen-bond donors (Lipinski definition) is 1. The van der Waals surface area contributed by atoms with E-state index in [2.05, 4.69) is 20.5 Å². The Morgan fingerprint density at radius 3 is 2.75 bits per heavy atom. The third-order valence-corrected chi connectivity index (χ3v) is 1.58. The molecule has 0 spiro atoms. The van der Waals surface area contributed by atoms with Gasteiger partial charge in [0.2, 0.25) is 5.28 Å². The van der Waals surface area contributed by atoms with Gasteiger partial charge in [-0.1, -0.05) is 18.5 Å². The minimum Gasteiger partial charge on any atom is -0.367 e. The first-order valence-electron chi connectivity index (χ1n) is 3.53. The maximum absolute atomic E-state index is 5.67. The van der Waals surface area contributed by atoms with Crippen LogP contribution in [0.2, 0.25) is 10.4 Å². The van der Waals surface area contributed by atoms with E-state index < -0.39 is 0 Å². The van der Waals surface area contributed by atoms with Gasteiger partial charge in [-0.05, 0) is 18.0 Å². The lowest BCUT2D eigenvalue weighted by Crippen LogP contribution is -2.04. The van der Waals surface area contributed by atoms with Crippen molar-refractivity contribution in [1.82, 2.24) is 15.2 Å². The van der Waals surface area contributed by atoms with Crippen LogP contribution < -0.4 is 5.32 Å². The first-order chi connectivity index (χ1) is 5.74. The fourth-order valence-corrected chi connectivity index (χ4v) is 0.918. The number of rotatable bonds is 3. The van der Waals surface area contributed by atoms with Crippen LogP contribution in [0.1, 0.15) is 13.3 Å². The summed E-state index contributed by atoms with van der Waals surface area (Å²) in [5.74, 6) is 0.485. The summed E-state index contributed by atoms with van der Waals surface area (Å²) in [5.41, 5.74) is 0. The molecule has 1 aromatic rings. The third kappa shape index (κ3) is 2.46. The minimum atomic E-state index is 0.0954. The molecule has 0 bridgehead atoms. The van der Waals surface area contributed by atoms with Crippen molar-refractivity contribution >= 4 is 29.0 Å². The van der Waals surface area contributed by atoms with Crippen molar-refractivity contribution in [3.8, 4) is 0 Å². The van der Waals surface area contributed by atoms with Gasteiger partial charge in [0.25, 0.3) is 0 Å². The van der Waals surface area contributed by atoms with Crippen molar-refractivity contribution in [1.29, 1.82) is 0 Å². The lowest BCUT2D eigenvalue weighted by atomic mass is 10.5. The van der Waals surface area contributed by atoms with Crippen molar-refractivity contribution in [3.05, 3.63) is 10.4 Å². The summed E-state index contributed by atoms with van der Waals surface area (Å²) >= 11 is 11.2. The Morgan fingerprint density at radius 2 is 2.08 bits per heavy atom. The maximum Gasteiger partial charge on any atom is 0.245 e. The molecule has 0 unspecified atom stereocenters. The van der Waals surface area contributed by atoms with Crippen LogP contribution in [-0.4, -0.2) is 21.7 Å². The molecule has 4 nitrogen and oxygen atoms in total. The summed E-state index contributed by atoms with van der Waals surface area (Å²) in [6.45, 7) is 2.83. The molecule has 1 N–H and O–H groups in total. The van der Waals surface area contributed by atoms with Gasteiger partial charge >= 0.3 is 0 Å². The zero-order chi connectivity index (χ0) is 8.97.